The van der Waals surface area contributed by atoms with Crippen molar-refractivity contribution in [1.29, 1.82) is 0 Å². The fourth-order valence-electron chi connectivity index (χ4n) is 3.05. The second-order valence-electron chi connectivity index (χ2n) is 7.16. The number of aliphatic hydroxyl groups excluding tert-OH is 1. The van der Waals surface area contributed by atoms with Gasteiger partial charge in [-0.2, -0.15) is 0 Å². The first-order valence-electron chi connectivity index (χ1n) is 10.2. The Hall–Kier alpha value is -2.47. The molecule has 0 bridgehead atoms. The predicted molar refractivity (Wildman–Crippen MR) is 118 cm³/mol. The van der Waals surface area contributed by atoms with Crippen LogP contribution in [-0.4, -0.2) is 35.9 Å². The molecule has 0 fully saturated rings. The van der Waals surface area contributed by atoms with Gasteiger partial charge in [-0.05, 0) is 60.5 Å². The summed E-state index contributed by atoms with van der Waals surface area (Å²) in [6, 6.07) is 19.0. The monoisotopic (exact) mass is 429 g/mol. The van der Waals surface area contributed by atoms with Crippen LogP contribution in [0, 0.1) is 0 Å². The molecule has 3 aromatic rings. The van der Waals surface area contributed by atoms with Gasteiger partial charge in [0, 0.05) is 18.1 Å². The number of aliphatic hydroxyl groups is 1. The van der Waals surface area contributed by atoms with E-state index in [2.05, 4.69) is 24.0 Å². The van der Waals surface area contributed by atoms with Crippen LogP contribution in [0.3, 0.4) is 0 Å². The summed E-state index contributed by atoms with van der Waals surface area (Å²) in [7, 11) is 0. The van der Waals surface area contributed by atoms with E-state index in [4.69, 9.17) is 25.5 Å². The van der Waals surface area contributed by atoms with Gasteiger partial charge in [-0.15, -0.1) is 0 Å². The van der Waals surface area contributed by atoms with Crippen LogP contribution in [0.25, 0.3) is 0 Å². The molecule has 0 radical (unpaired) electrons. The number of benzene rings is 2. The van der Waals surface area contributed by atoms with Crippen molar-refractivity contribution in [2.75, 3.05) is 19.8 Å². The quantitative estimate of drug-likeness (QED) is 0.430. The largest absolute Gasteiger partial charge is 0.494 e. The fourth-order valence-corrected chi connectivity index (χ4v) is 3.18. The Balaban J connectivity index is 1.57. The second kappa shape index (κ2) is 11.6. The summed E-state index contributed by atoms with van der Waals surface area (Å²) in [4.78, 5) is 2.14. The van der Waals surface area contributed by atoms with E-state index >= 15 is 0 Å². The summed E-state index contributed by atoms with van der Waals surface area (Å²) in [5, 5.41) is 11.2. The van der Waals surface area contributed by atoms with Crippen molar-refractivity contribution in [1.82, 2.24) is 4.90 Å². The highest BCUT2D eigenvalue weighted by Crippen LogP contribution is 2.18. The Kier molecular flexibility index (Phi) is 8.63. The number of rotatable bonds is 12. The Bertz CT molecular complexity index is 850. The van der Waals surface area contributed by atoms with E-state index in [1.54, 1.807) is 30.5 Å². The highest BCUT2D eigenvalue weighted by Gasteiger charge is 2.15. The molecule has 0 aliphatic carbocycles. The van der Waals surface area contributed by atoms with Crippen LogP contribution in [0.2, 0.25) is 5.02 Å². The molecule has 0 saturated carbocycles. The topological polar surface area (TPSA) is 55.1 Å². The lowest BCUT2D eigenvalue weighted by Crippen LogP contribution is -2.35. The average molecular weight is 430 g/mol. The third kappa shape index (κ3) is 7.41. The van der Waals surface area contributed by atoms with Crippen LogP contribution < -0.4 is 9.47 Å². The van der Waals surface area contributed by atoms with Crippen LogP contribution in [-0.2, 0) is 13.1 Å². The summed E-state index contributed by atoms with van der Waals surface area (Å²) in [6.45, 7) is 4.71. The van der Waals surface area contributed by atoms with Crippen LogP contribution in [0.5, 0.6) is 11.5 Å². The lowest BCUT2D eigenvalue weighted by Gasteiger charge is -2.24. The molecule has 1 unspecified atom stereocenters. The maximum atomic E-state index is 10.5. The van der Waals surface area contributed by atoms with Crippen LogP contribution in [0.1, 0.15) is 24.7 Å². The van der Waals surface area contributed by atoms with Crippen molar-refractivity contribution in [2.45, 2.75) is 32.5 Å². The molecule has 2 aromatic carbocycles. The second-order valence-corrected chi connectivity index (χ2v) is 7.60. The number of nitrogens with zero attached hydrogens (tertiary/aromatic N) is 1. The first-order valence-corrected chi connectivity index (χ1v) is 10.5. The Morgan fingerprint density at radius 2 is 1.67 bits per heavy atom. The van der Waals surface area contributed by atoms with Crippen molar-refractivity contribution in [3.8, 4) is 11.5 Å². The summed E-state index contributed by atoms with van der Waals surface area (Å²) < 4.78 is 16.8. The van der Waals surface area contributed by atoms with E-state index in [1.165, 1.54) is 0 Å². The molecular weight excluding hydrogens is 402 g/mol. The summed E-state index contributed by atoms with van der Waals surface area (Å²) >= 11 is 5.89. The van der Waals surface area contributed by atoms with E-state index in [1.807, 2.05) is 24.3 Å². The van der Waals surface area contributed by atoms with E-state index in [0.717, 1.165) is 23.5 Å². The number of furan rings is 1. The van der Waals surface area contributed by atoms with E-state index < -0.39 is 6.10 Å². The molecule has 1 aromatic heterocycles. The van der Waals surface area contributed by atoms with Gasteiger partial charge in [0.1, 0.15) is 30.0 Å². The molecule has 6 heteroatoms. The van der Waals surface area contributed by atoms with Crippen molar-refractivity contribution in [2.24, 2.45) is 0 Å². The third-order valence-electron chi connectivity index (χ3n) is 4.49. The standard InChI is InChI=1S/C24H28ClNO4/c1-2-13-28-22-9-5-19(6-10-22)15-26(17-24-4-3-14-29-24)16-21(27)18-30-23-11-7-20(25)8-12-23/h3-12,14,21,27H,2,13,15-18H2,1H3. The molecule has 1 N–H and O–H groups in total. The van der Waals surface area contributed by atoms with Crippen molar-refractivity contribution in [3.63, 3.8) is 0 Å². The van der Waals surface area contributed by atoms with Gasteiger partial charge < -0.3 is 19.0 Å². The molecule has 5 nitrogen and oxygen atoms in total. The molecule has 3 rings (SSSR count). The highest BCUT2D eigenvalue weighted by atomic mass is 35.5. The Morgan fingerprint density at radius 3 is 2.33 bits per heavy atom. The molecule has 1 atom stereocenters. The fraction of sp³-hybridized carbons (Fsp3) is 0.333. The smallest absolute Gasteiger partial charge is 0.119 e. The number of halogens is 1. The zero-order chi connectivity index (χ0) is 21.2. The Morgan fingerprint density at radius 1 is 0.967 bits per heavy atom. The average Bonchev–Trinajstić information content (AvgIpc) is 3.26. The lowest BCUT2D eigenvalue weighted by atomic mass is 10.2. The molecule has 0 aliphatic heterocycles. The molecule has 160 valence electrons. The highest BCUT2D eigenvalue weighted by molar-refractivity contribution is 6.30. The number of hydrogen-bond donors (Lipinski definition) is 1. The van der Waals surface area contributed by atoms with E-state index in [0.29, 0.717) is 37.0 Å². The van der Waals surface area contributed by atoms with Gasteiger partial charge >= 0.3 is 0 Å². The minimum atomic E-state index is -0.650. The molecule has 1 heterocycles. The van der Waals surface area contributed by atoms with Gasteiger partial charge in [-0.25, -0.2) is 0 Å². The number of hydrogen-bond acceptors (Lipinski definition) is 5. The van der Waals surface area contributed by atoms with Crippen LogP contribution >= 0.6 is 11.6 Å². The maximum absolute atomic E-state index is 10.5. The van der Waals surface area contributed by atoms with Crippen molar-refractivity contribution >= 4 is 11.6 Å². The van der Waals surface area contributed by atoms with Crippen LogP contribution in [0.4, 0.5) is 0 Å². The van der Waals surface area contributed by atoms with Gasteiger partial charge in [0.05, 0.1) is 19.4 Å². The van der Waals surface area contributed by atoms with Gasteiger partial charge in [0.25, 0.3) is 0 Å². The molecule has 0 spiro atoms. The third-order valence-corrected chi connectivity index (χ3v) is 4.74. The lowest BCUT2D eigenvalue weighted by molar-refractivity contribution is 0.0604. The Labute approximate surface area is 182 Å². The van der Waals surface area contributed by atoms with Crippen molar-refractivity contribution < 1.29 is 19.0 Å². The maximum Gasteiger partial charge on any atom is 0.119 e. The molecule has 0 amide bonds. The minimum absolute atomic E-state index is 0.195. The van der Waals surface area contributed by atoms with Crippen LogP contribution in [0.15, 0.2) is 71.3 Å². The zero-order valence-corrected chi connectivity index (χ0v) is 17.9. The molecule has 0 saturated heterocycles. The SMILES string of the molecule is CCCOc1ccc(CN(Cc2ccco2)CC(O)COc2ccc(Cl)cc2)cc1. The normalized spacial score (nSPS) is 12.1. The number of ether oxygens (including phenoxy) is 2. The predicted octanol–water partition coefficient (Wildman–Crippen LogP) is 5.16. The molecule has 0 aliphatic rings. The van der Waals surface area contributed by atoms with Gasteiger partial charge in [-0.1, -0.05) is 30.7 Å². The molecular formula is C24H28ClNO4. The first-order chi connectivity index (χ1) is 14.6. The zero-order valence-electron chi connectivity index (χ0n) is 17.2. The summed E-state index contributed by atoms with van der Waals surface area (Å²) in [6.07, 6.45) is 1.99. The van der Waals surface area contributed by atoms with Gasteiger partial charge in [-0.3, -0.25) is 4.90 Å². The minimum Gasteiger partial charge on any atom is -0.494 e. The van der Waals surface area contributed by atoms with E-state index in [-0.39, 0.29) is 6.61 Å². The van der Waals surface area contributed by atoms with Gasteiger partial charge in [0.2, 0.25) is 0 Å². The summed E-state index contributed by atoms with van der Waals surface area (Å²) in [5.41, 5.74) is 1.14. The first kappa shape index (κ1) is 22.2. The van der Waals surface area contributed by atoms with Crippen molar-refractivity contribution in [3.05, 3.63) is 83.3 Å². The van der Waals surface area contributed by atoms with E-state index in [9.17, 15) is 5.11 Å². The summed E-state index contributed by atoms with van der Waals surface area (Å²) in [5.74, 6) is 2.40. The van der Waals surface area contributed by atoms with Gasteiger partial charge in [0.15, 0.2) is 0 Å². The molecule has 30 heavy (non-hydrogen) atoms.